The molecule has 0 saturated heterocycles. The largest absolute Gasteiger partial charge is 0.451 e. The SMILES string of the molecule is CCNC(=O)[C@H](C)OC(=O)[C@H](C)NS(=O)(=O)/C=C/c1ccccc1. The molecular formula is C16H22N2O5S. The summed E-state index contributed by atoms with van der Waals surface area (Å²) in [6.07, 6.45) is 0.418. The van der Waals surface area contributed by atoms with Gasteiger partial charge in [-0.3, -0.25) is 9.59 Å². The summed E-state index contributed by atoms with van der Waals surface area (Å²) in [5.41, 5.74) is 0.711. The Morgan fingerprint density at radius 1 is 1.21 bits per heavy atom. The van der Waals surface area contributed by atoms with Gasteiger partial charge in [-0.1, -0.05) is 30.3 Å². The molecule has 0 bridgehead atoms. The van der Waals surface area contributed by atoms with Crippen molar-refractivity contribution in [3.63, 3.8) is 0 Å². The Bertz CT molecular complexity index is 686. The van der Waals surface area contributed by atoms with Crippen molar-refractivity contribution in [3.8, 4) is 0 Å². The smallest absolute Gasteiger partial charge is 0.324 e. The Balaban J connectivity index is 2.61. The Morgan fingerprint density at radius 2 is 1.83 bits per heavy atom. The van der Waals surface area contributed by atoms with Gasteiger partial charge in [-0.15, -0.1) is 0 Å². The normalized spacial score (nSPS) is 14.1. The molecule has 0 aliphatic rings. The van der Waals surface area contributed by atoms with Crippen molar-refractivity contribution >= 4 is 28.0 Å². The van der Waals surface area contributed by atoms with E-state index in [2.05, 4.69) is 10.0 Å². The lowest BCUT2D eigenvalue weighted by Crippen LogP contribution is -2.42. The third kappa shape index (κ3) is 6.93. The van der Waals surface area contributed by atoms with E-state index in [-0.39, 0.29) is 0 Å². The second-order valence-electron chi connectivity index (χ2n) is 5.07. The molecule has 0 unspecified atom stereocenters. The van der Waals surface area contributed by atoms with Gasteiger partial charge in [-0.25, -0.2) is 8.42 Å². The molecule has 0 saturated carbocycles. The van der Waals surface area contributed by atoms with Crippen LogP contribution in [0.1, 0.15) is 26.3 Å². The second-order valence-corrected chi connectivity index (χ2v) is 6.67. The van der Waals surface area contributed by atoms with Gasteiger partial charge in [-0.05, 0) is 32.4 Å². The summed E-state index contributed by atoms with van der Waals surface area (Å²) in [5, 5.41) is 3.48. The molecule has 8 heteroatoms. The monoisotopic (exact) mass is 354 g/mol. The van der Waals surface area contributed by atoms with Crippen LogP contribution in [0.4, 0.5) is 0 Å². The number of carbonyl (C=O) groups excluding carboxylic acids is 2. The molecule has 0 radical (unpaired) electrons. The summed E-state index contributed by atoms with van der Waals surface area (Å²) in [6, 6.07) is 7.76. The molecule has 7 nitrogen and oxygen atoms in total. The number of benzene rings is 1. The summed E-state index contributed by atoms with van der Waals surface area (Å²) in [4.78, 5) is 23.4. The van der Waals surface area contributed by atoms with Crippen molar-refractivity contribution < 1.29 is 22.7 Å². The van der Waals surface area contributed by atoms with E-state index in [0.717, 1.165) is 5.41 Å². The zero-order valence-corrected chi connectivity index (χ0v) is 14.7. The van der Waals surface area contributed by atoms with Crippen LogP contribution in [0, 0.1) is 0 Å². The van der Waals surface area contributed by atoms with Crippen molar-refractivity contribution in [3.05, 3.63) is 41.3 Å². The third-order valence-electron chi connectivity index (χ3n) is 2.95. The summed E-state index contributed by atoms with van der Waals surface area (Å²) in [7, 11) is -3.82. The number of amides is 1. The number of hydrogen-bond acceptors (Lipinski definition) is 5. The Labute approximate surface area is 142 Å². The standard InChI is InChI=1S/C16H22N2O5S/c1-4-17-15(19)13(3)23-16(20)12(2)18-24(21,22)11-10-14-8-6-5-7-9-14/h5-13,18H,4H2,1-3H3,(H,17,19)/b11-10+/t12-,13-/m0/s1. The molecule has 0 spiro atoms. The van der Waals surface area contributed by atoms with Crippen molar-refractivity contribution in [2.75, 3.05) is 6.54 Å². The summed E-state index contributed by atoms with van der Waals surface area (Å²) in [6.45, 7) is 4.91. The highest BCUT2D eigenvalue weighted by Crippen LogP contribution is 2.04. The highest BCUT2D eigenvalue weighted by molar-refractivity contribution is 7.92. The maximum atomic E-state index is 12.0. The number of rotatable bonds is 8. The molecule has 0 aromatic heterocycles. The molecule has 2 atom stereocenters. The number of carbonyl (C=O) groups is 2. The van der Waals surface area contributed by atoms with E-state index < -0.39 is 34.0 Å². The fourth-order valence-corrected chi connectivity index (χ4v) is 2.72. The highest BCUT2D eigenvalue weighted by Gasteiger charge is 2.24. The van der Waals surface area contributed by atoms with Crippen LogP contribution in [-0.2, 0) is 24.3 Å². The Morgan fingerprint density at radius 3 is 2.42 bits per heavy atom. The maximum Gasteiger partial charge on any atom is 0.324 e. The lowest BCUT2D eigenvalue weighted by atomic mass is 10.2. The van der Waals surface area contributed by atoms with E-state index in [4.69, 9.17) is 4.74 Å². The molecule has 1 aromatic carbocycles. The molecule has 0 aliphatic heterocycles. The molecule has 1 aromatic rings. The highest BCUT2D eigenvalue weighted by atomic mass is 32.2. The number of nitrogens with one attached hydrogen (secondary N) is 2. The molecule has 1 rings (SSSR count). The van der Waals surface area contributed by atoms with Crippen LogP contribution in [0.15, 0.2) is 35.7 Å². The molecular weight excluding hydrogens is 332 g/mol. The number of ether oxygens (including phenoxy) is 1. The first-order valence-electron chi connectivity index (χ1n) is 7.49. The molecule has 2 N–H and O–H groups in total. The molecule has 24 heavy (non-hydrogen) atoms. The van der Waals surface area contributed by atoms with Crippen LogP contribution >= 0.6 is 0 Å². The quantitative estimate of drug-likeness (QED) is 0.679. The van der Waals surface area contributed by atoms with E-state index in [1.807, 2.05) is 6.07 Å². The van der Waals surface area contributed by atoms with Gasteiger partial charge in [-0.2, -0.15) is 4.72 Å². The number of sulfonamides is 1. The second kappa shape index (κ2) is 9.19. The van der Waals surface area contributed by atoms with Crippen LogP contribution in [-0.4, -0.2) is 39.0 Å². The van der Waals surface area contributed by atoms with Gasteiger partial charge >= 0.3 is 5.97 Å². The lowest BCUT2D eigenvalue weighted by Gasteiger charge is -2.16. The predicted molar refractivity (Wildman–Crippen MR) is 91.2 cm³/mol. The first-order chi connectivity index (χ1) is 11.2. The Hall–Kier alpha value is -2.19. The number of hydrogen-bond donors (Lipinski definition) is 2. The van der Waals surface area contributed by atoms with E-state index in [1.165, 1.54) is 19.9 Å². The fourth-order valence-electron chi connectivity index (χ4n) is 1.71. The van der Waals surface area contributed by atoms with Crippen molar-refractivity contribution in [2.45, 2.75) is 32.9 Å². The average molecular weight is 354 g/mol. The van der Waals surface area contributed by atoms with Gasteiger partial charge in [0.2, 0.25) is 10.0 Å². The summed E-state index contributed by atoms with van der Waals surface area (Å²) >= 11 is 0. The van der Waals surface area contributed by atoms with Crippen molar-refractivity contribution in [1.82, 2.24) is 10.0 Å². The van der Waals surface area contributed by atoms with Gasteiger partial charge in [0.25, 0.3) is 5.91 Å². The van der Waals surface area contributed by atoms with Crippen LogP contribution in [0.25, 0.3) is 6.08 Å². The van der Waals surface area contributed by atoms with Crippen molar-refractivity contribution in [2.24, 2.45) is 0 Å². The van der Waals surface area contributed by atoms with Gasteiger partial charge in [0.05, 0.1) is 0 Å². The third-order valence-corrected chi connectivity index (χ3v) is 4.12. The van der Waals surface area contributed by atoms with Crippen molar-refractivity contribution in [1.29, 1.82) is 0 Å². The summed E-state index contributed by atoms with van der Waals surface area (Å²) in [5.74, 6) is -1.27. The van der Waals surface area contributed by atoms with E-state index in [0.29, 0.717) is 12.1 Å². The number of likely N-dealkylation sites (N-methyl/N-ethyl adjacent to an activating group) is 1. The van der Waals surface area contributed by atoms with Gasteiger partial charge in [0.15, 0.2) is 6.10 Å². The fraction of sp³-hybridized carbons (Fsp3) is 0.375. The molecule has 0 heterocycles. The summed E-state index contributed by atoms with van der Waals surface area (Å²) < 4.78 is 31.0. The first-order valence-corrected chi connectivity index (χ1v) is 9.03. The van der Waals surface area contributed by atoms with Gasteiger partial charge < -0.3 is 10.1 Å². The molecule has 1 amide bonds. The zero-order chi connectivity index (χ0) is 18.2. The zero-order valence-electron chi connectivity index (χ0n) is 13.9. The molecule has 0 fully saturated rings. The minimum Gasteiger partial charge on any atom is -0.451 e. The van der Waals surface area contributed by atoms with E-state index in [9.17, 15) is 18.0 Å². The lowest BCUT2D eigenvalue weighted by molar-refractivity contribution is -0.156. The number of esters is 1. The minimum absolute atomic E-state index is 0.410. The topological polar surface area (TPSA) is 102 Å². The Kier molecular flexibility index (Phi) is 7.60. The van der Waals surface area contributed by atoms with Crippen LogP contribution in [0.2, 0.25) is 0 Å². The van der Waals surface area contributed by atoms with E-state index >= 15 is 0 Å². The van der Waals surface area contributed by atoms with Gasteiger partial charge in [0.1, 0.15) is 6.04 Å². The van der Waals surface area contributed by atoms with Crippen LogP contribution in [0.5, 0.6) is 0 Å². The predicted octanol–water partition coefficient (Wildman–Crippen LogP) is 1.03. The van der Waals surface area contributed by atoms with Crippen LogP contribution < -0.4 is 10.0 Å². The van der Waals surface area contributed by atoms with E-state index in [1.54, 1.807) is 31.2 Å². The average Bonchev–Trinajstić information content (AvgIpc) is 2.53. The van der Waals surface area contributed by atoms with Gasteiger partial charge in [0, 0.05) is 12.0 Å². The first kappa shape index (κ1) is 19.9. The maximum absolute atomic E-state index is 12.0. The van der Waals surface area contributed by atoms with Crippen LogP contribution in [0.3, 0.4) is 0 Å². The molecule has 132 valence electrons. The molecule has 0 aliphatic carbocycles. The minimum atomic E-state index is -3.82.